The molecule has 1 aromatic heterocycles. The van der Waals surface area contributed by atoms with Crippen LogP contribution in [0.4, 0.5) is 0 Å². The lowest BCUT2D eigenvalue weighted by Crippen LogP contribution is -2.37. The second-order valence-electron chi connectivity index (χ2n) is 6.19. The number of hydrogen-bond acceptors (Lipinski definition) is 4. The third-order valence-electron chi connectivity index (χ3n) is 2.99. The SMILES string of the molecule is Cc1ccc(Cc2noc(CCNC(C)(C)C)n2)cc1. The Kier molecular flexibility index (Phi) is 4.55. The van der Waals surface area contributed by atoms with Crippen molar-refractivity contribution in [1.29, 1.82) is 0 Å². The molecule has 0 bridgehead atoms. The number of nitrogens with zero attached hydrogens (tertiary/aromatic N) is 2. The van der Waals surface area contributed by atoms with Crippen molar-refractivity contribution in [2.45, 2.75) is 46.1 Å². The topological polar surface area (TPSA) is 51.0 Å². The zero-order valence-corrected chi connectivity index (χ0v) is 12.7. The number of rotatable bonds is 5. The number of nitrogens with one attached hydrogen (secondary N) is 1. The maximum atomic E-state index is 5.27. The molecular weight excluding hydrogens is 250 g/mol. The quantitative estimate of drug-likeness (QED) is 0.910. The Hall–Kier alpha value is -1.68. The fourth-order valence-electron chi connectivity index (χ4n) is 1.90. The van der Waals surface area contributed by atoms with Crippen LogP contribution in [0.3, 0.4) is 0 Å². The van der Waals surface area contributed by atoms with Gasteiger partial charge in [0.1, 0.15) is 0 Å². The maximum absolute atomic E-state index is 5.27. The normalized spacial score (nSPS) is 11.8. The van der Waals surface area contributed by atoms with Gasteiger partial charge in [-0.15, -0.1) is 0 Å². The van der Waals surface area contributed by atoms with E-state index in [1.807, 2.05) is 0 Å². The van der Waals surface area contributed by atoms with E-state index in [4.69, 9.17) is 4.52 Å². The van der Waals surface area contributed by atoms with Gasteiger partial charge in [-0.25, -0.2) is 0 Å². The fraction of sp³-hybridized carbons (Fsp3) is 0.500. The van der Waals surface area contributed by atoms with Crippen molar-refractivity contribution in [3.63, 3.8) is 0 Å². The third kappa shape index (κ3) is 4.78. The van der Waals surface area contributed by atoms with Gasteiger partial charge in [0.2, 0.25) is 5.89 Å². The van der Waals surface area contributed by atoms with Crippen LogP contribution in [0, 0.1) is 6.92 Å². The van der Waals surface area contributed by atoms with E-state index in [1.165, 1.54) is 11.1 Å². The highest BCUT2D eigenvalue weighted by atomic mass is 16.5. The summed E-state index contributed by atoms with van der Waals surface area (Å²) < 4.78 is 5.27. The van der Waals surface area contributed by atoms with Gasteiger partial charge in [-0.05, 0) is 33.3 Å². The first-order valence-electron chi connectivity index (χ1n) is 7.04. The van der Waals surface area contributed by atoms with E-state index < -0.39 is 0 Å². The minimum absolute atomic E-state index is 0.116. The molecular formula is C16H23N3O. The van der Waals surface area contributed by atoms with Crippen LogP contribution in [-0.2, 0) is 12.8 Å². The van der Waals surface area contributed by atoms with Gasteiger partial charge >= 0.3 is 0 Å². The summed E-state index contributed by atoms with van der Waals surface area (Å²) in [5.41, 5.74) is 2.58. The van der Waals surface area contributed by atoms with Crippen molar-refractivity contribution in [2.24, 2.45) is 0 Å². The molecule has 0 amide bonds. The highest BCUT2D eigenvalue weighted by molar-refractivity contribution is 5.23. The lowest BCUT2D eigenvalue weighted by atomic mass is 10.1. The van der Waals surface area contributed by atoms with Crippen LogP contribution in [0.2, 0.25) is 0 Å². The molecule has 0 atom stereocenters. The molecule has 4 nitrogen and oxygen atoms in total. The van der Waals surface area contributed by atoms with E-state index in [1.54, 1.807) is 0 Å². The van der Waals surface area contributed by atoms with E-state index in [-0.39, 0.29) is 5.54 Å². The van der Waals surface area contributed by atoms with Gasteiger partial charge in [0.15, 0.2) is 5.82 Å². The summed E-state index contributed by atoms with van der Waals surface area (Å²) in [7, 11) is 0. The Morgan fingerprint density at radius 2 is 1.85 bits per heavy atom. The van der Waals surface area contributed by atoms with Crippen molar-refractivity contribution in [1.82, 2.24) is 15.5 Å². The number of aromatic nitrogens is 2. The van der Waals surface area contributed by atoms with Gasteiger partial charge < -0.3 is 9.84 Å². The van der Waals surface area contributed by atoms with Crippen molar-refractivity contribution >= 4 is 0 Å². The zero-order valence-electron chi connectivity index (χ0n) is 12.7. The Balaban J connectivity index is 1.87. The predicted octanol–water partition coefficient (Wildman–Crippen LogP) is 2.90. The molecule has 1 heterocycles. The first-order chi connectivity index (χ1) is 9.42. The largest absolute Gasteiger partial charge is 0.339 e. The van der Waals surface area contributed by atoms with Gasteiger partial charge in [0.25, 0.3) is 0 Å². The molecule has 20 heavy (non-hydrogen) atoms. The Morgan fingerprint density at radius 3 is 2.50 bits per heavy atom. The van der Waals surface area contributed by atoms with Crippen molar-refractivity contribution < 1.29 is 4.52 Å². The Bertz CT molecular complexity index is 538. The molecule has 0 spiro atoms. The van der Waals surface area contributed by atoms with E-state index in [0.29, 0.717) is 5.89 Å². The molecule has 1 aromatic carbocycles. The number of hydrogen-bond donors (Lipinski definition) is 1. The molecule has 0 saturated carbocycles. The Labute approximate surface area is 120 Å². The second kappa shape index (κ2) is 6.18. The van der Waals surface area contributed by atoms with Crippen LogP contribution >= 0.6 is 0 Å². The average molecular weight is 273 g/mol. The van der Waals surface area contributed by atoms with Crippen molar-refractivity contribution in [2.75, 3.05) is 6.54 Å². The van der Waals surface area contributed by atoms with Crippen molar-refractivity contribution in [3.05, 3.63) is 47.1 Å². The second-order valence-corrected chi connectivity index (χ2v) is 6.19. The van der Waals surface area contributed by atoms with E-state index in [2.05, 4.69) is 67.4 Å². The fourth-order valence-corrected chi connectivity index (χ4v) is 1.90. The van der Waals surface area contributed by atoms with Gasteiger partial charge in [0, 0.05) is 24.9 Å². The maximum Gasteiger partial charge on any atom is 0.227 e. The number of benzene rings is 1. The minimum atomic E-state index is 0.116. The molecule has 0 saturated heterocycles. The molecule has 0 fully saturated rings. The zero-order chi connectivity index (χ0) is 14.6. The van der Waals surface area contributed by atoms with Gasteiger partial charge in [-0.1, -0.05) is 35.0 Å². The molecule has 1 N–H and O–H groups in total. The minimum Gasteiger partial charge on any atom is -0.339 e. The van der Waals surface area contributed by atoms with Gasteiger partial charge in [0.05, 0.1) is 0 Å². The molecule has 108 valence electrons. The summed E-state index contributed by atoms with van der Waals surface area (Å²) in [6.07, 6.45) is 1.48. The van der Waals surface area contributed by atoms with Crippen LogP contribution in [0.5, 0.6) is 0 Å². The summed E-state index contributed by atoms with van der Waals surface area (Å²) in [6, 6.07) is 8.41. The van der Waals surface area contributed by atoms with Crippen LogP contribution in [-0.4, -0.2) is 22.2 Å². The smallest absolute Gasteiger partial charge is 0.227 e. The van der Waals surface area contributed by atoms with Gasteiger partial charge in [-0.3, -0.25) is 0 Å². The predicted molar refractivity (Wildman–Crippen MR) is 79.7 cm³/mol. The van der Waals surface area contributed by atoms with Crippen LogP contribution in [0.15, 0.2) is 28.8 Å². The molecule has 0 radical (unpaired) electrons. The highest BCUT2D eigenvalue weighted by Crippen LogP contribution is 2.09. The number of aryl methyl sites for hydroxylation is 1. The molecule has 0 unspecified atom stereocenters. The molecule has 4 heteroatoms. The van der Waals surface area contributed by atoms with E-state index in [9.17, 15) is 0 Å². The average Bonchev–Trinajstić information content (AvgIpc) is 2.78. The summed E-state index contributed by atoms with van der Waals surface area (Å²) in [6.45, 7) is 9.35. The molecule has 0 aliphatic rings. The summed E-state index contributed by atoms with van der Waals surface area (Å²) >= 11 is 0. The van der Waals surface area contributed by atoms with Crippen molar-refractivity contribution in [3.8, 4) is 0 Å². The molecule has 2 rings (SSSR count). The lowest BCUT2D eigenvalue weighted by Gasteiger charge is -2.19. The summed E-state index contributed by atoms with van der Waals surface area (Å²) in [5, 5.41) is 7.44. The third-order valence-corrected chi connectivity index (χ3v) is 2.99. The monoisotopic (exact) mass is 273 g/mol. The molecule has 0 aliphatic carbocycles. The van der Waals surface area contributed by atoms with E-state index in [0.717, 1.165) is 25.2 Å². The summed E-state index contributed by atoms with van der Waals surface area (Å²) in [5.74, 6) is 1.45. The van der Waals surface area contributed by atoms with Crippen LogP contribution in [0.1, 0.15) is 43.6 Å². The standard InChI is InChI=1S/C16H23N3O/c1-12-5-7-13(8-6-12)11-14-18-15(20-19-14)9-10-17-16(2,3)4/h5-8,17H,9-11H2,1-4H3. The van der Waals surface area contributed by atoms with Crippen LogP contribution < -0.4 is 5.32 Å². The van der Waals surface area contributed by atoms with Gasteiger partial charge in [-0.2, -0.15) is 4.98 Å². The highest BCUT2D eigenvalue weighted by Gasteiger charge is 2.11. The first kappa shape index (κ1) is 14.7. The lowest BCUT2D eigenvalue weighted by molar-refractivity contribution is 0.359. The van der Waals surface area contributed by atoms with E-state index >= 15 is 0 Å². The molecule has 0 aliphatic heterocycles. The summed E-state index contributed by atoms with van der Waals surface area (Å²) in [4.78, 5) is 4.43. The first-order valence-corrected chi connectivity index (χ1v) is 7.04. The Morgan fingerprint density at radius 1 is 1.15 bits per heavy atom. The van der Waals surface area contributed by atoms with Crippen LogP contribution in [0.25, 0.3) is 0 Å². The molecule has 2 aromatic rings.